The summed E-state index contributed by atoms with van der Waals surface area (Å²) in [6.07, 6.45) is 4.17. The van der Waals surface area contributed by atoms with Crippen LogP contribution in [-0.2, 0) is 0 Å². The summed E-state index contributed by atoms with van der Waals surface area (Å²) in [4.78, 5) is 2.61. The Balaban J connectivity index is 1.96. The molecule has 2 bridgehead atoms. The van der Waals surface area contributed by atoms with Gasteiger partial charge in [0.1, 0.15) is 0 Å². The van der Waals surface area contributed by atoms with Gasteiger partial charge in [0.05, 0.1) is 0 Å². The molecule has 0 spiro atoms. The summed E-state index contributed by atoms with van der Waals surface area (Å²) in [6, 6.07) is 2.35. The Bertz CT molecular complexity index is 156. The summed E-state index contributed by atoms with van der Waals surface area (Å²) >= 11 is 0. The molecule has 2 aliphatic heterocycles. The summed E-state index contributed by atoms with van der Waals surface area (Å²) in [6.45, 7) is 7.18. The van der Waals surface area contributed by atoms with Crippen molar-refractivity contribution in [2.75, 3.05) is 13.1 Å². The number of rotatable bonds is 1. The maximum absolute atomic E-state index is 3.70. The van der Waals surface area contributed by atoms with Crippen LogP contribution in [-0.4, -0.2) is 36.1 Å². The van der Waals surface area contributed by atoms with Crippen molar-refractivity contribution in [3.05, 3.63) is 0 Å². The van der Waals surface area contributed by atoms with Crippen molar-refractivity contribution >= 4 is 0 Å². The number of nitrogens with zero attached hydrogens (tertiary/aromatic N) is 1. The first-order valence-electron chi connectivity index (χ1n) is 5.26. The Hall–Kier alpha value is -0.0800. The summed E-state index contributed by atoms with van der Waals surface area (Å²) in [7, 11) is 0. The fourth-order valence-corrected chi connectivity index (χ4v) is 2.44. The molecule has 2 aliphatic rings. The van der Waals surface area contributed by atoms with Crippen LogP contribution >= 0.6 is 0 Å². The van der Waals surface area contributed by atoms with Crippen LogP contribution in [0.2, 0.25) is 0 Å². The third-order valence-corrected chi connectivity index (χ3v) is 3.28. The molecule has 2 rings (SSSR count). The fourth-order valence-electron chi connectivity index (χ4n) is 2.44. The van der Waals surface area contributed by atoms with Crippen LogP contribution in [0.25, 0.3) is 0 Å². The number of fused-ring (bicyclic) bond motifs is 2. The average Bonchev–Trinajstić information content (AvgIpc) is 2.29. The van der Waals surface area contributed by atoms with Crippen molar-refractivity contribution in [3.63, 3.8) is 0 Å². The van der Waals surface area contributed by atoms with Crippen LogP contribution < -0.4 is 5.32 Å². The van der Waals surface area contributed by atoms with Crippen molar-refractivity contribution in [1.82, 2.24) is 10.2 Å². The summed E-state index contributed by atoms with van der Waals surface area (Å²) in [5.74, 6) is 0. The molecule has 0 aromatic rings. The number of hydrogen-bond acceptors (Lipinski definition) is 2. The van der Waals surface area contributed by atoms with Gasteiger partial charge in [-0.2, -0.15) is 0 Å². The minimum Gasteiger partial charge on any atom is -0.310 e. The van der Waals surface area contributed by atoms with Crippen LogP contribution in [0, 0.1) is 0 Å². The Labute approximate surface area is 75.3 Å². The van der Waals surface area contributed by atoms with E-state index in [1.165, 1.54) is 32.4 Å². The summed E-state index contributed by atoms with van der Waals surface area (Å²) < 4.78 is 0. The van der Waals surface area contributed by atoms with E-state index in [1.807, 2.05) is 0 Å². The molecule has 0 aromatic heterocycles. The molecule has 0 radical (unpaired) electrons. The van der Waals surface area contributed by atoms with Crippen LogP contribution in [0.15, 0.2) is 0 Å². The fraction of sp³-hybridized carbons (Fsp3) is 1.00. The first kappa shape index (κ1) is 8.52. The van der Waals surface area contributed by atoms with E-state index in [2.05, 4.69) is 24.1 Å². The lowest BCUT2D eigenvalue weighted by atomic mass is 10.1. The molecule has 12 heavy (non-hydrogen) atoms. The Kier molecular flexibility index (Phi) is 2.37. The zero-order valence-corrected chi connectivity index (χ0v) is 8.21. The second-order valence-corrected chi connectivity index (χ2v) is 4.52. The van der Waals surface area contributed by atoms with E-state index in [0.717, 1.165) is 18.1 Å². The minimum atomic E-state index is 0.728. The highest BCUT2D eigenvalue weighted by atomic mass is 15.2. The van der Waals surface area contributed by atoms with E-state index in [4.69, 9.17) is 0 Å². The Morgan fingerprint density at radius 2 is 1.92 bits per heavy atom. The monoisotopic (exact) mass is 168 g/mol. The van der Waals surface area contributed by atoms with E-state index in [-0.39, 0.29) is 0 Å². The van der Waals surface area contributed by atoms with Gasteiger partial charge in [0.15, 0.2) is 0 Å². The minimum absolute atomic E-state index is 0.728. The van der Waals surface area contributed by atoms with Gasteiger partial charge in [-0.25, -0.2) is 0 Å². The van der Waals surface area contributed by atoms with Gasteiger partial charge < -0.3 is 5.32 Å². The topological polar surface area (TPSA) is 15.3 Å². The molecule has 0 aliphatic carbocycles. The molecule has 0 aromatic carbocycles. The molecule has 0 amide bonds. The Morgan fingerprint density at radius 3 is 2.67 bits per heavy atom. The van der Waals surface area contributed by atoms with Crippen molar-refractivity contribution < 1.29 is 0 Å². The van der Waals surface area contributed by atoms with Gasteiger partial charge in [-0.15, -0.1) is 0 Å². The van der Waals surface area contributed by atoms with Gasteiger partial charge >= 0.3 is 0 Å². The summed E-state index contributed by atoms with van der Waals surface area (Å²) in [5.41, 5.74) is 0. The van der Waals surface area contributed by atoms with E-state index in [9.17, 15) is 0 Å². The quantitative estimate of drug-likeness (QED) is 0.633. The normalized spacial score (nSPS) is 37.2. The second kappa shape index (κ2) is 3.35. The third-order valence-electron chi connectivity index (χ3n) is 3.28. The molecule has 2 fully saturated rings. The first-order chi connectivity index (χ1) is 5.75. The van der Waals surface area contributed by atoms with Crippen molar-refractivity contribution in [2.45, 2.75) is 51.2 Å². The highest BCUT2D eigenvalue weighted by Crippen LogP contribution is 2.21. The second-order valence-electron chi connectivity index (χ2n) is 4.52. The highest BCUT2D eigenvalue weighted by molar-refractivity contribution is 4.90. The highest BCUT2D eigenvalue weighted by Gasteiger charge is 2.29. The molecular weight excluding hydrogens is 148 g/mol. The lowest BCUT2D eigenvalue weighted by Crippen LogP contribution is -2.38. The molecule has 2 atom stereocenters. The van der Waals surface area contributed by atoms with Gasteiger partial charge in [0.25, 0.3) is 0 Å². The SMILES string of the molecule is CC(C)N1CCC2CCC(C1)N2. The maximum atomic E-state index is 3.70. The molecular formula is C10H20N2. The molecule has 1 N–H and O–H groups in total. The molecule has 70 valence electrons. The molecule has 2 saturated heterocycles. The van der Waals surface area contributed by atoms with E-state index in [1.54, 1.807) is 0 Å². The van der Waals surface area contributed by atoms with Crippen LogP contribution in [0.1, 0.15) is 33.1 Å². The molecule has 2 heteroatoms. The third kappa shape index (κ3) is 1.64. The largest absolute Gasteiger partial charge is 0.310 e. The van der Waals surface area contributed by atoms with E-state index < -0.39 is 0 Å². The van der Waals surface area contributed by atoms with E-state index in [0.29, 0.717) is 0 Å². The van der Waals surface area contributed by atoms with Crippen LogP contribution in [0.3, 0.4) is 0 Å². The predicted molar refractivity (Wildman–Crippen MR) is 51.3 cm³/mol. The molecule has 0 saturated carbocycles. The van der Waals surface area contributed by atoms with Gasteiger partial charge in [-0.05, 0) is 39.7 Å². The first-order valence-corrected chi connectivity index (χ1v) is 5.26. The predicted octanol–water partition coefficient (Wildman–Crippen LogP) is 1.22. The van der Waals surface area contributed by atoms with Crippen molar-refractivity contribution in [3.8, 4) is 0 Å². The van der Waals surface area contributed by atoms with Crippen LogP contribution in [0.5, 0.6) is 0 Å². The lowest BCUT2D eigenvalue weighted by Gasteiger charge is -2.27. The van der Waals surface area contributed by atoms with Crippen LogP contribution in [0.4, 0.5) is 0 Å². The Morgan fingerprint density at radius 1 is 1.17 bits per heavy atom. The number of hydrogen-bond donors (Lipinski definition) is 1. The number of likely N-dealkylation sites (tertiary alicyclic amines) is 1. The smallest absolute Gasteiger partial charge is 0.0198 e. The van der Waals surface area contributed by atoms with Crippen molar-refractivity contribution in [2.24, 2.45) is 0 Å². The van der Waals surface area contributed by atoms with Gasteiger partial charge in [-0.3, -0.25) is 4.90 Å². The molecule has 2 nitrogen and oxygen atoms in total. The van der Waals surface area contributed by atoms with E-state index >= 15 is 0 Å². The zero-order valence-electron chi connectivity index (χ0n) is 8.21. The zero-order chi connectivity index (χ0) is 8.55. The maximum Gasteiger partial charge on any atom is 0.0198 e. The average molecular weight is 168 g/mol. The van der Waals surface area contributed by atoms with Crippen molar-refractivity contribution in [1.29, 1.82) is 0 Å². The standard InChI is InChI=1S/C10H20N2/c1-8(2)12-6-5-9-3-4-10(7-12)11-9/h8-11H,3-7H2,1-2H3. The molecule has 2 unspecified atom stereocenters. The number of nitrogens with one attached hydrogen (secondary N) is 1. The lowest BCUT2D eigenvalue weighted by molar-refractivity contribution is 0.210. The molecule has 2 heterocycles. The van der Waals surface area contributed by atoms with Gasteiger partial charge in [-0.1, -0.05) is 0 Å². The summed E-state index contributed by atoms with van der Waals surface area (Å²) in [5, 5.41) is 3.70. The van der Waals surface area contributed by atoms with Gasteiger partial charge in [0, 0.05) is 24.7 Å². The van der Waals surface area contributed by atoms with Gasteiger partial charge in [0.2, 0.25) is 0 Å².